The van der Waals surface area contributed by atoms with Crippen LogP contribution in [0.3, 0.4) is 0 Å². The fraction of sp³-hybridized carbons (Fsp3) is 0.0541. The van der Waals surface area contributed by atoms with E-state index in [0.29, 0.717) is 5.92 Å². The zero-order valence-electron chi connectivity index (χ0n) is 22.3. The fourth-order valence-corrected chi connectivity index (χ4v) is 12.7. The lowest BCUT2D eigenvalue weighted by Gasteiger charge is -2.34. The van der Waals surface area contributed by atoms with Crippen LogP contribution in [0.25, 0.3) is 11.1 Å². The Morgan fingerprint density at radius 3 is 1.85 bits per heavy atom. The van der Waals surface area contributed by atoms with E-state index in [1.165, 1.54) is 47.2 Å². The summed E-state index contributed by atoms with van der Waals surface area (Å²) in [7, 11) is -2.57. The first-order chi connectivity index (χ1) is 20.2. The molecule has 0 fully saturated rings. The van der Waals surface area contributed by atoms with Gasteiger partial charge in [0, 0.05) is 20.2 Å². The van der Waals surface area contributed by atoms with Crippen LogP contribution < -0.4 is 20.7 Å². The number of fused-ring (bicyclic) bond motifs is 3. The van der Waals surface area contributed by atoms with Crippen molar-refractivity contribution < 1.29 is 0 Å². The number of rotatable bonds is 5. The molecule has 4 heteroatoms. The maximum atomic E-state index is 9.63. The number of hydrogen-bond donors (Lipinski definition) is 0. The first-order valence-corrected chi connectivity index (χ1v) is 17.4. The number of hydrogen-bond acceptors (Lipinski definition) is 2. The van der Waals surface area contributed by atoms with E-state index in [1.807, 2.05) is 6.08 Å². The highest BCUT2D eigenvalue weighted by molar-refractivity contribution is 9.10. The Kier molecular flexibility index (Phi) is 6.88. The van der Waals surface area contributed by atoms with Crippen LogP contribution >= 0.6 is 27.7 Å². The second-order valence-corrected chi connectivity index (χ2v) is 16.3. The predicted molar refractivity (Wildman–Crippen MR) is 178 cm³/mol. The number of benzene rings is 5. The molecule has 7 rings (SSSR count). The van der Waals surface area contributed by atoms with Crippen LogP contribution in [0.1, 0.15) is 17.9 Å². The molecule has 5 aromatic carbocycles. The van der Waals surface area contributed by atoms with Crippen LogP contribution in [0.15, 0.2) is 159 Å². The Morgan fingerprint density at radius 1 is 0.683 bits per heavy atom. The molecule has 1 heterocycles. The molecule has 41 heavy (non-hydrogen) atoms. The number of nitrogens with zero attached hydrogens (tertiary/aromatic N) is 1. The van der Waals surface area contributed by atoms with Crippen molar-refractivity contribution in [2.75, 3.05) is 0 Å². The van der Waals surface area contributed by atoms with Crippen molar-refractivity contribution in [2.24, 2.45) is 0 Å². The number of nitriles is 1. The highest BCUT2D eigenvalue weighted by Gasteiger charge is 2.41. The van der Waals surface area contributed by atoms with Gasteiger partial charge in [0.25, 0.3) is 0 Å². The van der Waals surface area contributed by atoms with Gasteiger partial charge in [0.15, 0.2) is 8.07 Å². The van der Waals surface area contributed by atoms with Gasteiger partial charge < -0.3 is 0 Å². The van der Waals surface area contributed by atoms with Crippen LogP contribution in [-0.2, 0) is 0 Å². The summed E-state index contributed by atoms with van der Waals surface area (Å²) in [5.74, 6) is 0.320. The van der Waals surface area contributed by atoms with E-state index in [1.54, 1.807) is 11.8 Å². The molecule has 0 radical (unpaired) electrons. The Labute approximate surface area is 255 Å². The molecule has 0 aromatic heterocycles. The van der Waals surface area contributed by atoms with Crippen LogP contribution in [0.4, 0.5) is 0 Å². The summed E-state index contributed by atoms with van der Waals surface area (Å²) in [4.78, 5) is 2.48. The van der Waals surface area contributed by atoms with Gasteiger partial charge in [0.05, 0.1) is 11.6 Å². The zero-order chi connectivity index (χ0) is 27.8. The molecule has 196 valence electrons. The molecule has 0 spiro atoms. The van der Waals surface area contributed by atoms with E-state index in [9.17, 15) is 5.26 Å². The summed E-state index contributed by atoms with van der Waals surface area (Å²) in [5, 5.41) is 15.1. The van der Waals surface area contributed by atoms with Crippen LogP contribution in [0.2, 0.25) is 0 Å². The first-order valence-electron chi connectivity index (χ1n) is 13.8. The van der Waals surface area contributed by atoms with Gasteiger partial charge in [0.1, 0.15) is 0 Å². The van der Waals surface area contributed by atoms with Gasteiger partial charge in [-0.25, -0.2) is 0 Å². The molecule has 1 aliphatic heterocycles. The quantitative estimate of drug-likeness (QED) is 0.150. The van der Waals surface area contributed by atoms with Gasteiger partial charge >= 0.3 is 0 Å². The van der Waals surface area contributed by atoms with E-state index in [4.69, 9.17) is 0 Å². The average Bonchev–Trinajstić information content (AvgIpc) is 3.42. The Morgan fingerprint density at radius 2 is 1.24 bits per heavy atom. The maximum absolute atomic E-state index is 9.63. The smallest absolute Gasteiger partial charge is 0.179 e. The van der Waals surface area contributed by atoms with Crippen molar-refractivity contribution in [2.45, 2.75) is 17.2 Å². The molecule has 2 aliphatic rings. The molecule has 1 atom stereocenters. The summed E-state index contributed by atoms with van der Waals surface area (Å²) in [5.41, 5.74) is 4.57. The third-order valence-corrected chi connectivity index (χ3v) is 14.9. The molecular weight excluding hydrogens is 598 g/mol. The highest BCUT2D eigenvalue weighted by Crippen LogP contribution is 2.53. The SMILES string of the molecule is N#CC1=C2Sc3cc(-c4ccc([Si](c5ccccc5)(c5ccccc5)c5ccc(Br)cc5)cc4)ccc3C2CC=C1. The summed E-state index contributed by atoms with van der Waals surface area (Å²) in [6.07, 6.45) is 5.08. The van der Waals surface area contributed by atoms with Gasteiger partial charge in [-0.05, 0) is 68.1 Å². The largest absolute Gasteiger partial charge is 0.192 e. The van der Waals surface area contributed by atoms with Crippen molar-refractivity contribution in [3.8, 4) is 17.2 Å². The second-order valence-electron chi connectivity index (χ2n) is 10.5. The van der Waals surface area contributed by atoms with E-state index in [2.05, 4.69) is 155 Å². The van der Waals surface area contributed by atoms with Crippen LogP contribution in [0, 0.1) is 11.3 Å². The molecule has 0 bridgehead atoms. The van der Waals surface area contributed by atoms with Crippen molar-refractivity contribution in [1.82, 2.24) is 0 Å². The molecule has 0 amide bonds. The van der Waals surface area contributed by atoms with Crippen molar-refractivity contribution in [3.63, 3.8) is 0 Å². The van der Waals surface area contributed by atoms with Gasteiger partial charge in [-0.2, -0.15) is 5.26 Å². The molecule has 5 aromatic rings. The Bertz CT molecular complexity index is 1800. The Balaban J connectivity index is 1.35. The third-order valence-electron chi connectivity index (χ3n) is 8.31. The first kappa shape index (κ1) is 26.0. The molecule has 0 saturated carbocycles. The predicted octanol–water partition coefficient (Wildman–Crippen LogP) is 7.42. The molecule has 0 N–H and O–H groups in total. The van der Waals surface area contributed by atoms with Crippen LogP contribution in [-0.4, -0.2) is 8.07 Å². The minimum absolute atomic E-state index is 0.320. The normalized spacial score (nSPS) is 15.8. The molecule has 1 aliphatic carbocycles. The van der Waals surface area contributed by atoms with E-state index in [0.717, 1.165) is 16.5 Å². The molecule has 1 unspecified atom stereocenters. The summed E-state index contributed by atoms with van der Waals surface area (Å²) < 4.78 is 1.09. The Hall–Kier alpha value is -3.88. The van der Waals surface area contributed by atoms with Gasteiger partial charge in [-0.15, -0.1) is 0 Å². The minimum atomic E-state index is -2.57. The standard InChI is InChI=1S/C37H26BrNSSi/c38-29-17-21-33(22-18-29)41(30-9-3-1-4-10-30,31-11-5-2-6-12-31)32-19-14-26(15-20-32)27-16-23-34-35-13-7-8-28(25-39)37(35)40-36(34)24-27/h1-12,14-24,35H,13H2. The summed E-state index contributed by atoms with van der Waals surface area (Å²) in [6, 6.07) is 49.5. The van der Waals surface area contributed by atoms with Crippen LogP contribution in [0.5, 0.6) is 0 Å². The van der Waals surface area contributed by atoms with Gasteiger partial charge in [-0.3, -0.25) is 0 Å². The average molecular weight is 625 g/mol. The fourth-order valence-electron chi connectivity index (χ4n) is 6.38. The topological polar surface area (TPSA) is 23.8 Å². The van der Waals surface area contributed by atoms with Crippen molar-refractivity contribution in [1.29, 1.82) is 5.26 Å². The third kappa shape index (κ3) is 4.46. The van der Waals surface area contributed by atoms with Gasteiger partial charge in [0.2, 0.25) is 0 Å². The van der Waals surface area contributed by atoms with E-state index < -0.39 is 8.07 Å². The number of allylic oxidation sites excluding steroid dienone is 4. The number of thioether (sulfide) groups is 1. The van der Waals surface area contributed by atoms with Gasteiger partial charge in [-0.1, -0.05) is 143 Å². The monoisotopic (exact) mass is 623 g/mol. The van der Waals surface area contributed by atoms with Crippen molar-refractivity contribution in [3.05, 3.63) is 160 Å². The summed E-state index contributed by atoms with van der Waals surface area (Å²) in [6.45, 7) is 0. The van der Waals surface area contributed by atoms with Crippen molar-refractivity contribution >= 4 is 56.5 Å². The highest BCUT2D eigenvalue weighted by atomic mass is 79.9. The lowest BCUT2D eigenvalue weighted by atomic mass is 9.89. The van der Waals surface area contributed by atoms with E-state index in [-0.39, 0.29) is 0 Å². The zero-order valence-corrected chi connectivity index (χ0v) is 25.7. The number of halogens is 1. The van der Waals surface area contributed by atoms with E-state index >= 15 is 0 Å². The summed E-state index contributed by atoms with van der Waals surface area (Å²) >= 11 is 5.43. The molecular formula is C37H26BrNSSi. The maximum Gasteiger partial charge on any atom is 0.179 e. The molecule has 1 nitrogen and oxygen atoms in total. The second kappa shape index (κ2) is 10.8. The molecule has 0 saturated heterocycles. The lowest BCUT2D eigenvalue weighted by Crippen LogP contribution is -2.74. The minimum Gasteiger partial charge on any atom is -0.192 e. The lowest BCUT2D eigenvalue weighted by molar-refractivity contribution is 0.832.